The summed E-state index contributed by atoms with van der Waals surface area (Å²) in [4.78, 5) is 10.4. The highest BCUT2D eigenvalue weighted by Gasteiger charge is 2.21. The third-order valence-corrected chi connectivity index (χ3v) is 2.50. The number of carboxylic acid groups (broad SMARTS) is 1. The molecule has 4 N–H and O–H groups in total. The Morgan fingerprint density at radius 3 is 2.50 bits per heavy atom. The van der Waals surface area contributed by atoms with Crippen molar-refractivity contribution in [1.82, 2.24) is 0 Å². The van der Waals surface area contributed by atoms with Gasteiger partial charge in [0.15, 0.2) is 6.10 Å². The zero-order valence-corrected chi connectivity index (χ0v) is 9.04. The minimum Gasteiger partial charge on any atom is -0.479 e. The number of nitrogens with two attached hydrogens (primary N) is 1. The van der Waals surface area contributed by atoms with Crippen LogP contribution in [0, 0.1) is 0 Å². The average molecular weight is 223 g/mol. The highest BCUT2D eigenvalue weighted by molar-refractivity contribution is 5.72. The van der Waals surface area contributed by atoms with Crippen molar-refractivity contribution in [3.05, 3.63) is 35.9 Å². The van der Waals surface area contributed by atoms with Gasteiger partial charge in [0.2, 0.25) is 0 Å². The standard InChI is InChI=1S/C12H17NO3/c13-10(11(14)12(15)16)8-4-7-9-5-2-1-3-6-9/h1-3,5-6,10-11,14H,4,7-8,13H2,(H,15,16)/t10-,11+/m1/s1. The first-order valence-corrected chi connectivity index (χ1v) is 5.31. The van der Waals surface area contributed by atoms with E-state index in [9.17, 15) is 4.79 Å². The molecule has 1 aromatic carbocycles. The van der Waals surface area contributed by atoms with E-state index < -0.39 is 18.1 Å². The lowest BCUT2D eigenvalue weighted by Crippen LogP contribution is -2.40. The molecule has 0 saturated carbocycles. The second-order valence-corrected chi connectivity index (χ2v) is 3.82. The first-order chi connectivity index (χ1) is 7.61. The van der Waals surface area contributed by atoms with Gasteiger partial charge in [0.1, 0.15) is 0 Å². The fourth-order valence-electron chi connectivity index (χ4n) is 1.53. The van der Waals surface area contributed by atoms with Gasteiger partial charge in [-0.15, -0.1) is 0 Å². The summed E-state index contributed by atoms with van der Waals surface area (Å²) in [5, 5.41) is 17.7. The number of aliphatic carboxylic acids is 1. The molecule has 0 aromatic heterocycles. The fourth-order valence-corrected chi connectivity index (χ4v) is 1.53. The molecule has 0 spiro atoms. The molecule has 1 rings (SSSR count). The summed E-state index contributed by atoms with van der Waals surface area (Å²) >= 11 is 0. The van der Waals surface area contributed by atoms with E-state index in [0.717, 1.165) is 12.8 Å². The van der Waals surface area contributed by atoms with Crippen molar-refractivity contribution in [1.29, 1.82) is 0 Å². The van der Waals surface area contributed by atoms with Gasteiger partial charge in [-0.2, -0.15) is 0 Å². The molecule has 2 atom stereocenters. The van der Waals surface area contributed by atoms with Crippen LogP contribution in [0.2, 0.25) is 0 Å². The van der Waals surface area contributed by atoms with Gasteiger partial charge in [-0.25, -0.2) is 4.79 Å². The quantitative estimate of drug-likeness (QED) is 0.665. The monoisotopic (exact) mass is 223 g/mol. The van der Waals surface area contributed by atoms with Gasteiger partial charge < -0.3 is 15.9 Å². The van der Waals surface area contributed by atoms with E-state index in [1.165, 1.54) is 5.56 Å². The number of hydrogen-bond donors (Lipinski definition) is 3. The predicted molar refractivity (Wildman–Crippen MR) is 61.0 cm³/mol. The second-order valence-electron chi connectivity index (χ2n) is 3.82. The summed E-state index contributed by atoms with van der Waals surface area (Å²) in [7, 11) is 0. The topological polar surface area (TPSA) is 83.5 Å². The number of hydrogen-bond acceptors (Lipinski definition) is 3. The summed E-state index contributed by atoms with van der Waals surface area (Å²) in [6, 6.07) is 9.20. The van der Waals surface area contributed by atoms with E-state index in [2.05, 4.69) is 0 Å². The van der Waals surface area contributed by atoms with Crippen LogP contribution in [0.25, 0.3) is 0 Å². The summed E-state index contributed by atoms with van der Waals surface area (Å²) in [6.07, 6.45) is 0.662. The van der Waals surface area contributed by atoms with Crippen molar-refractivity contribution >= 4 is 5.97 Å². The maximum atomic E-state index is 10.4. The van der Waals surface area contributed by atoms with Crippen LogP contribution in [0.15, 0.2) is 30.3 Å². The van der Waals surface area contributed by atoms with E-state index in [4.69, 9.17) is 15.9 Å². The first-order valence-electron chi connectivity index (χ1n) is 5.31. The fraction of sp³-hybridized carbons (Fsp3) is 0.417. The molecule has 0 radical (unpaired) electrons. The Kier molecular flexibility index (Phi) is 4.95. The highest BCUT2D eigenvalue weighted by atomic mass is 16.4. The van der Waals surface area contributed by atoms with Crippen LogP contribution in [0.5, 0.6) is 0 Å². The molecule has 0 saturated heterocycles. The molecule has 4 heteroatoms. The molecular weight excluding hydrogens is 206 g/mol. The van der Waals surface area contributed by atoms with Crippen LogP contribution in [0.3, 0.4) is 0 Å². The Bertz CT molecular complexity index is 326. The Hall–Kier alpha value is -1.39. The lowest BCUT2D eigenvalue weighted by Gasteiger charge is -2.14. The van der Waals surface area contributed by atoms with Crippen LogP contribution in [0.1, 0.15) is 18.4 Å². The molecule has 0 aliphatic heterocycles. The van der Waals surface area contributed by atoms with Crippen LogP contribution in [-0.4, -0.2) is 28.3 Å². The van der Waals surface area contributed by atoms with Gasteiger partial charge in [0.05, 0.1) is 0 Å². The number of carbonyl (C=O) groups is 1. The zero-order chi connectivity index (χ0) is 12.0. The number of aryl methyl sites for hydroxylation is 1. The maximum Gasteiger partial charge on any atom is 0.334 e. The van der Waals surface area contributed by atoms with Gasteiger partial charge >= 0.3 is 5.97 Å². The molecule has 0 amide bonds. The third kappa shape index (κ3) is 4.00. The molecule has 1 aromatic rings. The smallest absolute Gasteiger partial charge is 0.334 e. The summed E-state index contributed by atoms with van der Waals surface area (Å²) < 4.78 is 0. The summed E-state index contributed by atoms with van der Waals surface area (Å²) in [5.41, 5.74) is 6.75. The lowest BCUT2D eigenvalue weighted by atomic mass is 10.0. The minimum atomic E-state index is -1.46. The molecule has 0 fully saturated rings. The van der Waals surface area contributed by atoms with Gasteiger partial charge in [-0.1, -0.05) is 30.3 Å². The van der Waals surface area contributed by atoms with Gasteiger partial charge in [0.25, 0.3) is 0 Å². The molecule has 0 unspecified atom stereocenters. The van der Waals surface area contributed by atoms with Crippen molar-refractivity contribution in [2.75, 3.05) is 0 Å². The van der Waals surface area contributed by atoms with E-state index in [0.29, 0.717) is 6.42 Å². The number of aliphatic hydroxyl groups excluding tert-OH is 1. The average Bonchev–Trinajstić information content (AvgIpc) is 2.29. The van der Waals surface area contributed by atoms with Crippen molar-refractivity contribution in [2.24, 2.45) is 5.73 Å². The molecule has 0 heterocycles. The molecule has 0 aliphatic carbocycles. The minimum absolute atomic E-state index is 0.502. The normalized spacial score (nSPS) is 14.4. The summed E-state index contributed by atoms with van der Waals surface area (Å²) in [5.74, 6) is -1.26. The number of aliphatic hydroxyl groups is 1. The Morgan fingerprint density at radius 2 is 1.94 bits per heavy atom. The Morgan fingerprint density at radius 1 is 1.31 bits per heavy atom. The zero-order valence-electron chi connectivity index (χ0n) is 9.04. The number of carboxylic acids is 1. The van der Waals surface area contributed by atoms with E-state index in [1.807, 2.05) is 30.3 Å². The van der Waals surface area contributed by atoms with Crippen LogP contribution < -0.4 is 5.73 Å². The van der Waals surface area contributed by atoms with Crippen LogP contribution in [0.4, 0.5) is 0 Å². The van der Waals surface area contributed by atoms with Crippen molar-refractivity contribution in [3.63, 3.8) is 0 Å². The van der Waals surface area contributed by atoms with Gasteiger partial charge in [0, 0.05) is 6.04 Å². The van der Waals surface area contributed by atoms with Crippen molar-refractivity contribution < 1.29 is 15.0 Å². The number of benzene rings is 1. The summed E-state index contributed by atoms with van der Waals surface area (Å²) in [6.45, 7) is 0. The Labute approximate surface area is 94.7 Å². The predicted octanol–water partition coefficient (Wildman–Crippen LogP) is 0.782. The molecule has 4 nitrogen and oxygen atoms in total. The molecular formula is C12H17NO3. The Balaban J connectivity index is 2.28. The molecule has 16 heavy (non-hydrogen) atoms. The lowest BCUT2D eigenvalue weighted by molar-refractivity contribution is -0.147. The number of rotatable bonds is 6. The van der Waals surface area contributed by atoms with E-state index in [1.54, 1.807) is 0 Å². The maximum absolute atomic E-state index is 10.4. The second kappa shape index (κ2) is 6.25. The SMILES string of the molecule is N[C@H](CCCc1ccccc1)[C@H](O)C(=O)O. The van der Waals surface area contributed by atoms with Crippen LogP contribution in [-0.2, 0) is 11.2 Å². The van der Waals surface area contributed by atoms with E-state index in [-0.39, 0.29) is 0 Å². The van der Waals surface area contributed by atoms with E-state index >= 15 is 0 Å². The third-order valence-electron chi connectivity index (χ3n) is 2.50. The first kappa shape index (κ1) is 12.7. The van der Waals surface area contributed by atoms with Gasteiger partial charge in [-0.3, -0.25) is 0 Å². The highest BCUT2D eigenvalue weighted by Crippen LogP contribution is 2.07. The van der Waals surface area contributed by atoms with Crippen molar-refractivity contribution in [3.8, 4) is 0 Å². The largest absolute Gasteiger partial charge is 0.479 e. The van der Waals surface area contributed by atoms with Gasteiger partial charge in [-0.05, 0) is 24.8 Å². The molecule has 0 aliphatic rings. The van der Waals surface area contributed by atoms with Crippen molar-refractivity contribution in [2.45, 2.75) is 31.4 Å². The molecule has 0 bridgehead atoms. The molecule has 88 valence electrons. The van der Waals surface area contributed by atoms with Crippen LogP contribution >= 0.6 is 0 Å².